The van der Waals surface area contributed by atoms with Gasteiger partial charge < -0.3 is 5.73 Å². The largest absolute Gasteiger partial charge is 0.320 e. The zero-order valence-corrected chi connectivity index (χ0v) is 12.1. The fourth-order valence-corrected chi connectivity index (χ4v) is 2.71. The lowest BCUT2D eigenvalue weighted by atomic mass is 9.95. The molecule has 1 unspecified atom stereocenters. The molecule has 0 bridgehead atoms. The maximum Gasteiger partial charge on any atom is 0.129 e. The van der Waals surface area contributed by atoms with E-state index in [9.17, 15) is 4.39 Å². The highest BCUT2D eigenvalue weighted by Gasteiger charge is 2.18. The minimum Gasteiger partial charge on any atom is -0.320 e. The topological polar surface area (TPSA) is 26.0 Å². The Bertz CT molecular complexity index is 566. The van der Waals surface area contributed by atoms with E-state index >= 15 is 0 Å². The Morgan fingerprint density at radius 3 is 2.61 bits per heavy atom. The van der Waals surface area contributed by atoms with Crippen LogP contribution in [0.2, 0.25) is 5.02 Å². The van der Waals surface area contributed by atoms with E-state index in [1.54, 1.807) is 12.1 Å². The molecule has 0 radical (unpaired) electrons. The highest BCUT2D eigenvalue weighted by Crippen LogP contribution is 2.31. The molecule has 2 N–H and O–H groups in total. The van der Waals surface area contributed by atoms with E-state index in [4.69, 9.17) is 17.3 Å². The first-order chi connectivity index (χ1) is 8.50. The molecule has 0 amide bonds. The summed E-state index contributed by atoms with van der Waals surface area (Å²) in [5.74, 6) is -0.377. The third kappa shape index (κ3) is 2.58. The van der Waals surface area contributed by atoms with E-state index in [-0.39, 0.29) is 5.82 Å². The van der Waals surface area contributed by atoms with Crippen molar-refractivity contribution in [2.75, 3.05) is 0 Å². The first-order valence-electron chi connectivity index (χ1n) is 5.46. The van der Waals surface area contributed by atoms with Crippen LogP contribution in [0.5, 0.6) is 0 Å². The van der Waals surface area contributed by atoms with Crippen LogP contribution in [0.3, 0.4) is 0 Å². The van der Waals surface area contributed by atoms with Gasteiger partial charge in [0.15, 0.2) is 0 Å². The molecule has 0 spiro atoms. The summed E-state index contributed by atoms with van der Waals surface area (Å²) < 4.78 is 14.8. The Labute approximate surface area is 119 Å². The third-order valence-corrected chi connectivity index (χ3v) is 3.70. The van der Waals surface area contributed by atoms with Crippen molar-refractivity contribution in [3.8, 4) is 0 Å². The average molecular weight is 329 g/mol. The molecule has 94 valence electrons. The molecule has 2 rings (SSSR count). The van der Waals surface area contributed by atoms with Crippen molar-refractivity contribution in [3.05, 3.63) is 68.4 Å². The zero-order chi connectivity index (χ0) is 13.3. The van der Waals surface area contributed by atoms with Crippen molar-refractivity contribution >= 4 is 27.5 Å². The van der Waals surface area contributed by atoms with E-state index < -0.39 is 6.04 Å². The lowest BCUT2D eigenvalue weighted by Gasteiger charge is -2.17. The van der Waals surface area contributed by atoms with Gasteiger partial charge in [-0.25, -0.2) is 4.39 Å². The average Bonchev–Trinajstić information content (AvgIpc) is 2.28. The van der Waals surface area contributed by atoms with Gasteiger partial charge in [-0.05, 0) is 42.3 Å². The van der Waals surface area contributed by atoms with Crippen molar-refractivity contribution in [1.82, 2.24) is 0 Å². The molecule has 2 aromatic carbocycles. The molecule has 2 aromatic rings. The normalized spacial score (nSPS) is 12.5. The summed E-state index contributed by atoms with van der Waals surface area (Å²) in [4.78, 5) is 0. The van der Waals surface area contributed by atoms with E-state index in [2.05, 4.69) is 15.9 Å². The monoisotopic (exact) mass is 327 g/mol. The first-order valence-corrected chi connectivity index (χ1v) is 6.63. The molecule has 18 heavy (non-hydrogen) atoms. The van der Waals surface area contributed by atoms with E-state index in [1.807, 2.05) is 25.1 Å². The quantitative estimate of drug-likeness (QED) is 0.856. The predicted octanol–water partition coefficient (Wildman–Crippen LogP) is 4.60. The fourth-order valence-electron chi connectivity index (χ4n) is 1.95. The first kappa shape index (κ1) is 13.5. The summed E-state index contributed by atoms with van der Waals surface area (Å²) >= 11 is 9.42. The highest BCUT2D eigenvalue weighted by molar-refractivity contribution is 9.10. The van der Waals surface area contributed by atoms with Crippen LogP contribution in [0.1, 0.15) is 22.7 Å². The summed E-state index contributed by atoms with van der Waals surface area (Å²) in [6.45, 7) is 1.94. The van der Waals surface area contributed by atoms with Crippen LogP contribution in [0.25, 0.3) is 0 Å². The number of nitrogens with two attached hydrogens (primary N) is 1. The van der Waals surface area contributed by atoms with Gasteiger partial charge in [0.05, 0.1) is 6.04 Å². The van der Waals surface area contributed by atoms with Crippen LogP contribution in [0, 0.1) is 12.7 Å². The van der Waals surface area contributed by atoms with Crippen LogP contribution >= 0.6 is 27.5 Å². The molecular formula is C14H12BrClFN. The van der Waals surface area contributed by atoms with Crippen molar-refractivity contribution < 1.29 is 4.39 Å². The Hall–Kier alpha value is -0.900. The fraction of sp³-hybridized carbons (Fsp3) is 0.143. The molecule has 0 saturated carbocycles. The predicted molar refractivity (Wildman–Crippen MR) is 76.3 cm³/mol. The molecule has 4 heteroatoms. The Kier molecular flexibility index (Phi) is 4.05. The van der Waals surface area contributed by atoms with Gasteiger partial charge in [-0.1, -0.05) is 39.7 Å². The van der Waals surface area contributed by atoms with Gasteiger partial charge in [0.25, 0.3) is 0 Å². The van der Waals surface area contributed by atoms with Gasteiger partial charge in [-0.15, -0.1) is 0 Å². The maximum atomic E-state index is 13.8. The molecule has 1 nitrogen and oxygen atoms in total. The van der Waals surface area contributed by atoms with Crippen molar-refractivity contribution in [3.63, 3.8) is 0 Å². The van der Waals surface area contributed by atoms with Crippen LogP contribution in [0.4, 0.5) is 4.39 Å². The Morgan fingerprint density at radius 2 is 2.00 bits per heavy atom. The van der Waals surface area contributed by atoms with E-state index in [0.717, 1.165) is 15.6 Å². The highest BCUT2D eigenvalue weighted by atomic mass is 79.9. The van der Waals surface area contributed by atoms with E-state index in [0.29, 0.717) is 10.6 Å². The van der Waals surface area contributed by atoms with E-state index in [1.165, 1.54) is 6.07 Å². The number of benzene rings is 2. The third-order valence-electron chi connectivity index (χ3n) is 2.88. The van der Waals surface area contributed by atoms with Crippen LogP contribution < -0.4 is 5.73 Å². The van der Waals surface area contributed by atoms with Crippen LogP contribution in [0.15, 0.2) is 40.9 Å². The zero-order valence-electron chi connectivity index (χ0n) is 9.75. The minimum absolute atomic E-state index is 0.338. The summed E-state index contributed by atoms with van der Waals surface area (Å²) in [5, 5.41) is 0.352. The molecule has 0 aliphatic rings. The molecule has 0 fully saturated rings. The molecule has 1 atom stereocenters. The smallest absolute Gasteiger partial charge is 0.129 e. The second-order valence-corrected chi connectivity index (χ2v) is 5.44. The van der Waals surface area contributed by atoms with Crippen molar-refractivity contribution in [2.45, 2.75) is 13.0 Å². The maximum absolute atomic E-state index is 13.8. The molecule has 0 aromatic heterocycles. The summed E-state index contributed by atoms with van der Waals surface area (Å²) in [7, 11) is 0. The number of hydrogen-bond acceptors (Lipinski definition) is 1. The summed E-state index contributed by atoms with van der Waals surface area (Å²) in [6, 6.07) is 9.74. The molecule has 0 aliphatic carbocycles. The molecule has 0 heterocycles. The van der Waals surface area contributed by atoms with Gasteiger partial charge in [-0.3, -0.25) is 0 Å². The van der Waals surface area contributed by atoms with Gasteiger partial charge in [0.2, 0.25) is 0 Å². The lowest BCUT2D eigenvalue weighted by molar-refractivity contribution is 0.599. The number of aryl methyl sites for hydroxylation is 1. The van der Waals surface area contributed by atoms with Gasteiger partial charge in [-0.2, -0.15) is 0 Å². The van der Waals surface area contributed by atoms with Crippen LogP contribution in [-0.2, 0) is 0 Å². The number of halogens is 3. The SMILES string of the molecule is Cc1cc(Br)ccc1C(N)c1c(F)cccc1Cl. The summed E-state index contributed by atoms with van der Waals surface area (Å²) in [5.41, 5.74) is 8.33. The molecule has 0 saturated heterocycles. The standard InChI is InChI=1S/C14H12BrClFN/c1-8-7-9(15)5-6-10(8)14(18)13-11(16)3-2-4-12(13)17/h2-7,14H,18H2,1H3. The molecular weight excluding hydrogens is 317 g/mol. The van der Waals surface area contributed by atoms with Crippen LogP contribution in [-0.4, -0.2) is 0 Å². The Balaban J connectivity index is 2.51. The van der Waals surface area contributed by atoms with Gasteiger partial charge in [0, 0.05) is 15.1 Å². The summed E-state index contributed by atoms with van der Waals surface area (Å²) in [6.07, 6.45) is 0. The van der Waals surface area contributed by atoms with Gasteiger partial charge in [0.1, 0.15) is 5.82 Å². The number of hydrogen-bond donors (Lipinski definition) is 1. The second-order valence-electron chi connectivity index (χ2n) is 4.11. The van der Waals surface area contributed by atoms with Crippen molar-refractivity contribution in [1.29, 1.82) is 0 Å². The minimum atomic E-state index is -0.563. The number of rotatable bonds is 2. The second kappa shape index (κ2) is 5.39. The van der Waals surface area contributed by atoms with Crippen molar-refractivity contribution in [2.24, 2.45) is 5.73 Å². The Morgan fingerprint density at radius 1 is 1.28 bits per heavy atom. The lowest BCUT2D eigenvalue weighted by Crippen LogP contribution is -2.15. The molecule has 0 aliphatic heterocycles. The van der Waals surface area contributed by atoms with Gasteiger partial charge >= 0.3 is 0 Å².